The molecule has 10 rings (SSSR count). The fraction of sp³-hybridized carbons (Fsp3) is 0.159. The fourth-order valence-electron chi connectivity index (χ4n) is 11.9. The van der Waals surface area contributed by atoms with Crippen molar-refractivity contribution in [1.82, 2.24) is 0 Å². The molecule has 0 aromatic heterocycles. The topological polar surface area (TPSA) is 0 Å². The molecule has 9 aromatic carbocycles. The summed E-state index contributed by atoms with van der Waals surface area (Å²) in [6, 6.07) is 89.6. The van der Waals surface area contributed by atoms with Gasteiger partial charge in [-0.3, -0.25) is 0 Å². The van der Waals surface area contributed by atoms with Gasteiger partial charge in [-0.2, -0.15) is 0 Å². The van der Waals surface area contributed by atoms with Crippen LogP contribution in [0.25, 0.3) is 0 Å². The molecule has 0 radical (unpaired) electrons. The first-order valence-electron chi connectivity index (χ1n) is 25.3. The van der Waals surface area contributed by atoms with Crippen molar-refractivity contribution in [3.8, 4) is 0 Å². The summed E-state index contributed by atoms with van der Waals surface area (Å²) < 4.78 is 0. The highest BCUT2D eigenvalue weighted by atomic mass is 28.3. The maximum atomic E-state index is 2.73. The third-order valence-electron chi connectivity index (χ3n) is 15.6. The van der Waals surface area contributed by atoms with E-state index in [2.05, 4.69) is 270 Å². The van der Waals surface area contributed by atoms with Gasteiger partial charge in [-0.1, -0.05) is 261 Å². The van der Waals surface area contributed by atoms with Crippen molar-refractivity contribution < 1.29 is 0 Å². The molecular weight excluding hydrogens is 857 g/mol. The highest BCUT2D eigenvalue weighted by Crippen LogP contribution is 2.54. The first-order chi connectivity index (χ1) is 34.3. The third kappa shape index (κ3) is 9.27. The van der Waals surface area contributed by atoms with E-state index in [0.717, 1.165) is 38.5 Å². The predicted octanol–water partition coefficient (Wildman–Crippen LogP) is 14.8. The summed E-state index contributed by atoms with van der Waals surface area (Å²) in [5.74, 6) is 0. The molecule has 1 aliphatic carbocycles. The van der Waals surface area contributed by atoms with Gasteiger partial charge >= 0.3 is 0 Å². The van der Waals surface area contributed by atoms with Gasteiger partial charge in [0.2, 0.25) is 0 Å². The van der Waals surface area contributed by atoms with Gasteiger partial charge in [0.15, 0.2) is 8.07 Å². The molecule has 1 heteroatoms. The SMILES string of the molecule is CC1=CC(C)([Si](c2cccc(Cc3ccccc3)c2Cc2ccccc2)(c2cccc(Cc3ccccc3)c2Cc2ccccc2)c2cccc(Cc3ccccc3)c2Cc2ccccc2)C(C)=C1C. The van der Waals surface area contributed by atoms with Crippen LogP contribution in [0.2, 0.25) is 5.04 Å². The highest BCUT2D eigenvalue weighted by Gasteiger charge is 2.58. The van der Waals surface area contributed by atoms with Crippen molar-refractivity contribution >= 4 is 23.6 Å². The molecule has 0 nitrogen and oxygen atoms in total. The number of allylic oxidation sites excluding steroid dienone is 4. The zero-order valence-corrected chi connectivity index (χ0v) is 42.3. The monoisotopic (exact) mass is 920 g/mol. The van der Waals surface area contributed by atoms with E-state index < -0.39 is 8.07 Å². The Bertz CT molecular complexity index is 2950. The average molecular weight is 921 g/mol. The van der Waals surface area contributed by atoms with E-state index in [9.17, 15) is 0 Å². The lowest BCUT2D eigenvalue weighted by Crippen LogP contribution is -2.75. The zero-order chi connectivity index (χ0) is 47.9. The molecule has 0 N–H and O–H groups in total. The van der Waals surface area contributed by atoms with Gasteiger partial charge in [0.05, 0.1) is 0 Å². The van der Waals surface area contributed by atoms with Crippen LogP contribution in [0.15, 0.2) is 259 Å². The van der Waals surface area contributed by atoms with Crippen LogP contribution in [0.4, 0.5) is 0 Å². The van der Waals surface area contributed by atoms with E-state index in [-0.39, 0.29) is 5.04 Å². The van der Waals surface area contributed by atoms with Crippen LogP contribution >= 0.6 is 0 Å². The van der Waals surface area contributed by atoms with Crippen LogP contribution in [0.5, 0.6) is 0 Å². The zero-order valence-electron chi connectivity index (χ0n) is 41.3. The summed E-state index contributed by atoms with van der Waals surface area (Å²) in [6.45, 7) is 9.88. The smallest absolute Gasteiger partial charge is 0.0730 e. The summed E-state index contributed by atoms with van der Waals surface area (Å²) in [5, 5.41) is 4.18. The molecule has 0 saturated carbocycles. The van der Waals surface area contributed by atoms with E-state index in [1.165, 1.54) is 99.0 Å². The van der Waals surface area contributed by atoms with Crippen molar-refractivity contribution in [3.05, 3.63) is 326 Å². The number of hydrogen-bond acceptors (Lipinski definition) is 0. The molecular formula is C69H64Si. The largest absolute Gasteiger partial charge is 0.162 e. The van der Waals surface area contributed by atoms with Crippen LogP contribution < -0.4 is 15.6 Å². The predicted molar refractivity (Wildman–Crippen MR) is 300 cm³/mol. The molecule has 1 aliphatic rings. The normalized spacial score (nSPS) is 14.7. The van der Waals surface area contributed by atoms with Gasteiger partial charge in [0.25, 0.3) is 0 Å². The van der Waals surface area contributed by atoms with E-state index in [4.69, 9.17) is 0 Å². The third-order valence-corrected chi connectivity index (χ3v) is 21.5. The Morgan fingerprint density at radius 1 is 0.300 bits per heavy atom. The Morgan fingerprint density at radius 3 is 0.800 bits per heavy atom. The summed E-state index contributed by atoms with van der Waals surface area (Å²) >= 11 is 0. The van der Waals surface area contributed by atoms with E-state index in [0.29, 0.717) is 0 Å². The maximum absolute atomic E-state index is 3.44. The lowest BCUT2D eigenvalue weighted by molar-refractivity contribution is 0.866. The Kier molecular flexibility index (Phi) is 13.7. The molecule has 9 aromatic rings. The van der Waals surface area contributed by atoms with Crippen molar-refractivity contribution in [2.24, 2.45) is 0 Å². The van der Waals surface area contributed by atoms with Crippen LogP contribution in [-0.2, 0) is 38.5 Å². The van der Waals surface area contributed by atoms with Crippen molar-refractivity contribution in [3.63, 3.8) is 0 Å². The summed E-state index contributed by atoms with van der Waals surface area (Å²) in [6.07, 6.45) is 7.81. The van der Waals surface area contributed by atoms with Gasteiger partial charge in [0.1, 0.15) is 0 Å². The second-order valence-corrected chi connectivity index (χ2v) is 24.0. The lowest BCUT2D eigenvalue weighted by Gasteiger charge is -2.50. The minimum Gasteiger partial charge on any atom is -0.0730 e. The van der Waals surface area contributed by atoms with Crippen LogP contribution in [-0.4, -0.2) is 8.07 Å². The molecule has 0 spiro atoms. The molecule has 0 bridgehead atoms. The van der Waals surface area contributed by atoms with Gasteiger partial charge < -0.3 is 0 Å². The quantitative estimate of drug-likeness (QED) is 0.0669. The summed E-state index contributed by atoms with van der Waals surface area (Å²) in [4.78, 5) is 0. The second-order valence-electron chi connectivity index (χ2n) is 19.8. The molecule has 70 heavy (non-hydrogen) atoms. The molecule has 0 fully saturated rings. The molecule has 1 unspecified atom stereocenters. The fourth-order valence-corrected chi connectivity index (χ4v) is 18.8. The average Bonchev–Trinajstić information content (AvgIpc) is 3.60. The Morgan fingerprint density at radius 2 is 0.557 bits per heavy atom. The maximum Gasteiger partial charge on any atom is 0.162 e. The number of rotatable bonds is 16. The minimum atomic E-state index is -3.44. The van der Waals surface area contributed by atoms with Gasteiger partial charge in [0, 0.05) is 5.04 Å². The van der Waals surface area contributed by atoms with E-state index >= 15 is 0 Å². The van der Waals surface area contributed by atoms with Crippen LogP contribution in [0.1, 0.15) is 94.5 Å². The summed E-state index contributed by atoms with van der Waals surface area (Å²) in [7, 11) is -3.44. The van der Waals surface area contributed by atoms with E-state index in [1.807, 2.05) is 0 Å². The molecule has 344 valence electrons. The first-order valence-corrected chi connectivity index (χ1v) is 27.3. The molecule has 0 saturated heterocycles. The highest BCUT2D eigenvalue weighted by molar-refractivity contribution is 7.14. The Balaban J connectivity index is 1.41. The standard InChI is InChI=1S/C69H64Si/c1-51-50-69(4,53(3)52(51)2)70(66-41-23-38-60(44-54-26-11-5-12-27-54)63(66)47-57-32-17-8-18-33-57,67-42-24-39-61(45-55-28-13-6-14-29-55)64(67)48-58-34-19-9-20-35-58)68-43-25-40-62(46-56-30-15-7-16-31-56)65(68)49-59-36-21-10-22-37-59/h5-43,50H,44-49H2,1-4H3. The van der Waals surface area contributed by atoms with Gasteiger partial charge in [-0.05, 0) is 147 Å². The van der Waals surface area contributed by atoms with Crippen molar-refractivity contribution in [1.29, 1.82) is 0 Å². The van der Waals surface area contributed by atoms with E-state index in [1.54, 1.807) is 0 Å². The molecule has 0 heterocycles. The van der Waals surface area contributed by atoms with Gasteiger partial charge in [-0.15, -0.1) is 0 Å². The number of hydrogen-bond donors (Lipinski definition) is 0. The van der Waals surface area contributed by atoms with Gasteiger partial charge in [-0.25, -0.2) is 0 Å². The molecule has 0 aliphatic heterocycles. The number of benzene rings is 9. The van der Waals surface area contributed by atoms with Crippen LogP contribution in [0, 0.1) is 0 Å². The minimum absolute atomic E-state index is 0.369. The van der Waals surface area contributed by atoms with Crippen LogP contribution in [0.3, 0.4) is 0 Å². The molecule has 1 atom stereocenters. The Hall–Kier alpha value is -7.32. The second kappa shape index (κ2) is 20.7. The Labute approximate surface area is 418 Å². The van der Waals surface area contributed by atoms with Crippen molar-refractivity contribution in [2.75, 3.05) is 0 Å². The lowest BCUT2D eigenvalue weighted by atomic mass is 9.94. The van der Waals surface area contributed by atoms with Crippen molar-refractivity contribution in [2.45, 2.75) is 71.3 Å². The first kappa shape index (κ1) is 46.4. The molecule has 0 amide bonds. The summed E-state index contributed by atoms with van der Waals surface area (Å²) in [5.41, 5.74) is 20.9.